The molecule has 0 unspecified atom stereocenters. The summed E-state index contributed by atoms with van der Waals surface area (Å²) >= 11 is 0. The molecule has 0 radical (unpaired) electrons. The molecule has 140 valence electrons. The van der Waals surface area contributed by atoms with Crippen molar-refractivity contribution < 1.29 is 23.9 Å². The van der Waals surface area contributed by atoms with Crippen LogP contribution in [0.4, 0.5) is 0 Å². The monoisotopic (exact) mass is 352 g/mol. The Kier molecular flexibility index (Phi) is 9.12. The van der Waals surface area contributed by atoms with Crippen LogP contribution in [0.5, 0.6) is 0 Å². The number of rotatable bonds is 10. The molecule has 0 saturated heterocycles. The normalized spacial score (nSPS) is 12.1. The smallest absolute Gasteiger partial charge is 0.310 e. The molecule has 0 aliphatic carbocycles. The van der Waals surface area contributed by atoms with E-state index in [1.165, 1.54) is 7.11 Å². The van der Waals surface area contributed by atoms with Gasteiger partial charge in [-0.1, -0.05) is 18.2 Å². The molecule has 0 heterocycles. The highest BCUT2D eigenvalue weighted by atomic mass is 16.6. The number of hydroxylamine groups is 1. The van der Waals surface area contributed by atoms with Crippen molar-refractivity contribution >= 4 is 11.9 Å². The largest absolute Gasteiger partial charge is 0.469 e. The fourth-order valence-electron chi connectivity index (χ4n) is 2.19. The minimum atomic E-state index is -0.316. The Morgan fingerprint density at radius 1 is 1.16 bits per heavy atom. The molecule has 1 aromatic carbocycles. The number of benzene rings is 1. The molecule has 1 aromatic rings. The highest BCUT2D eigenvalue weighted by molar-refractivity contribution is 5.74. The zero-order valence-corrected chi connectivity index (χ0v) is 15.6. The molecular formula is C18H28N2O5. The SMILES string of the molecule is CNOC[C@@H](COC(=O)Cc1ccc(C)c(CC(=O)OC)c1)N(C)C. The molecule has 1 rings (SSSR count). The number of esters is 2. The number of ether oxygens (including phenoxy) is 2. The number of nitrogens with zero attached hydrogens (tertiary/aromatic N) is 1. The van der Waals surface area contributed by atoms with Crippen molar-refractivity contribution in [3.63, 3.8) is 0 Å². The van der Waals surface area contributed by atoms with E-state index in [1.54, 1.807) is 7.05 Å². The molecule has 7 nitrogen and oxygen atoms in total. The van der Waals surface area contributed by atoms with Gasteiger partial charge in [0.1, 0.15) is 6.61 Å². The second-order valence-corrected chi connectivity index (χ2v) is 6.01. The second-order valence-electron chi connectivity index (χ2n) is 6.01. The van der Waals surface area contributed by atoms with Gasteiger partial charge in [-0.3, -0.25) is 9.59 Å². The van der Waals surface area contributed by atoms with E-state index in [9.17, 15) is 9.59 Å². The zero-order valence-electron chi connectivity index (χ0n) is 15.6. The van der Waals surface area contributed by atoms with Crippen LogP contribution in [0.3, 0.4) is 0 Å². The van der Waals surface area contributed by atoms with Crippen LogP contribution >= 0.6 is 0 Å². The molecule has 1 atom stereocenters. The van der Waals surface area contributed by atoms with E-state index in [-0.39, 0.29) is 37.4 Å². The molecule has 0 aromatic heterocycles. The van der Waals surface area contributed by atoms with E-state index >= 15 is 0 Å². The molecule has 0 aliphatic heterocycles. The van der Waals surface area contributed by atoms with Crippen molar-refractivity contribution in [1.82, 2.24) is 10.4 Å². The number of methoxy groups -OCH3 is 1. The van der Waals surface area contributed by atoms with E-state index in [4.69, 9.17) is 14.3 Å². The minimum Gasteiger partial charge on any atom is -0.469 e. The topological polar surface area (TPSA) is 77.1 Å². The fraction of sp³-hybridized carbons (Fsp3) is 0.556. The quantitative estimate of drug-likeness (QED) is 0.495. The van der Waals surface area contributed by atoms with Gasteiger partial charge in [-0.05, 0) is 37.7 Å². The summed E-state index contributed by atoms with van der Waals surface area (Å²) in [6, 6.07) is 5.57. The van der Waals surface area contributed by atoms with Gasteiger partial charge in [0.15, 0.2) is 0 Å². The van der Waals surface area contributed by atoms with Crippen LogP contribution in [0.25, 0.3) is 0 Å². The van der Waals surface area contributed by atoms with Crippen molar-refractivity contribution in [3.05, 3.63) is 34.9 Å². The molecule has 0 saturated carbocycles. The van der Waals surface area contributed by atoms with Gasteiger partial charge < -0.3 is 19.2 Å². The average Bonchev–Trinajstić information content (AvgIpc) is 2.57. The summed E-state index contributed by atoms with van der Waals surface area (Å²) in [6.07, 6.45) is 0.344. The number of hydrogen-bond donors (Lipinski definition) is 1. The van der Waals surface area contributed by atoms with Gasteiger partial charge in [-0.2, -0.15) is 0 Å². The third-order valence-corrected chi connectivity index (χ3v) is 3.91. The average molecular weight is 352 g/mol. The van der Waals surface area contributed by atoms with Gasteiger partial charge >= 0.3 is 11.9 Å². The third kappa shape index (κ3) is 7.64. The van der Waals surface area contributed by atoms with Crippen molar-refractivity contribution in [2.45, 2.75) is 25.8 Å². The Hall–Kier alpha value is -1.96. The van der Waals surface area contributed by atoms with Gasteiger partial charge in [-0.15, -0.1) is 0 Å². The van der Waals surface area contributed by atoms with Crippen LogP contribution in [0, 0.1) is 6.92 Å². The Balaban J connectivity index is 2.61. The lowest BCUT2D eigenvalue weighted by Crippen LogP contribution is -2.38. The van der Waals surface area contributed by atoms with Crippen LogP contribution in [0.1, 0.15) is 16.7 Å². The molecular weight excluding hydrogens is 324 g/mol. The van der Waals surface area contributed by atoms with E-state index in [2.05, 4.69) is 5.48 Å². The lowest BCUT2D eigenvalue weighted by atomic mass is 10.0. The second kappa shape index (κ2) is 10.8. The predicted molar refractivity (Wildman–Crippen MR) is 94.0 cm³/mol. The van der Waals surface area contributed by atoms with Crippen LogP contribution in [-0.4, -0.2) is 64.3 Å². The van der Waals surface area contributed by atoms with Crippen molar-refractivity contribution in [2.24, 2.45) is 0 Å². The number of carbonyl (C=O) groups excluding carboxylic acids is 2. The lowest BCUT2D eigenvalue weighted by Gasteiger charge is -2.23. The van der Waals surface area contributed by atoms with E-state index in [0.717, 1.165) is 16.7 Å². The maximum Gasteiger partial charge on any atom is 0.310 e. The summed E-state index contributed by atoms with van der Waals surface area (Å²) in [6.45, 7) is 2.57. The zero-order chi connectivity index (χ0) is 18.8. The molecule has 0 amide bonds. The standard InChI is InChI=1S/C18H28N2O5/c1-13-6-7-14(8-15(13)10-17(21)23-5)9-18(22)24-11-16(20(3)4)12-25-19-2/h6-8,16,19H,9-12H2,1-5H3/t16-/m1/s1. The van der Waals surface area contributed by atoms with Gasteiger partial charge in [0, 0.05) is 7.05 Å². The maximum absolute atomic E-state index is 12.1. The molecule has 0 bridgehead atoms. The first-order valence-electron chi connectivity index (χ1n) is 8.13. The first-order valence-corrected chi connectivity index (χ1v) is 8.13. The van der Waals surface area contributed by atoms with E-state index in [0.29, 0.717) is 6.61 Å². The Bertz CT molecular complexity index is 575. The highest BCUT2D eigenvalue weighted by Gasteiger charge is 2.15. The van der Waals surface area contributed by atoms with Crippen LogP contribution in [-0.2, 0) is 36.7 Å². The van der Waals surface area contributed by atoms with Crippen molar-refractivity contribution in [3.8, 4) is 0 Å². The number of nitrogens with one attached hydrogen (secondary N) is 1. The number of carbonyl (C=O) groups is 2. The lowest BCUT2D eigenvalue weighted by molar-refractivity contribution is -0.145. The van der Waals surface area contributed by atoms with Crippen LogP contribution in [0.15, 0.2) is 18.2 Å². The summed E-state index contributed by atoms with van der Waals surface area (Å²) in [5.74, 6) is -0.620. The van der Waals surface area contributed by atoms with Crippen LogP contribution in [0.2, 0.25) is 0 Å². The Morgan fingerprint density at radius 3 is 2.48 bits per heavy atom. The minimum absolute atomic E-state index is 0.0377. The van der Waals surface area contributed by atoms with E-state index in [1.807, 2.05) is 44.1 Å². The summed E-state index contributed by atoms with van der Waals surface area (Å²) in [7, 11) is 6.84. The third-order valence-electron chi connectivity index (χ3n) is 3.91. The molecule has 1 N–H and O–H groups in total. The first kappa shape index (κ1) is 21.1. The van der Waals surface area contributed by atoms with Gasteiger partial charge in [-0.25, -0.2) is 5.48 Å². The fourth-order valence-corrected chi connectivity index (χ4v) is 2.19. The van der Waals surface area contributed by atoms with Gasteiger partial charge in [0.2, 0.25) is 0 Å². The molecule has 7 heteroatoms. The molecule has 0 spiro atoms. The Morgan fingerprint density at radius 2 is 1.88 bits per heavy atom. The van der Waals surface area contributed by atoms with Gasteiger partial charge in [0.25, 0.3) is 0 Å². The van der Waals surface area contributed by atoms with Crippen molar-refractivity contribution in [2.75, 3.05) is 41.5 Å². The first-order chi connectivity index (χ1) is 11.9. The molecule has 0 fully saturated rings. The number of hydrogen-bond acceptors (Lipinski definition) is 7. The maximum atomic E-state index is 12.1. The van der Waals surface area contributed by atoms with Gasteiger partial charge in [0.05, 0.1) is 32.6 Å². The highest BCUT2D eigenvalue weighted by Crippen LogP contribution is 2.14. The summed E-state index contributed by atoms with van der Waals surface area (Å²) in [4.78, 5) is 30.7. The summed E-state index contributed by atoms with van der Waals surface area (Å²) in [5, 5.41) is 0. The van der Waals surface area contributed by atoms with E-state index < -0.39 is 0 Å². The number of likely N-dealkylation sites (N-methyl/N-ethyl adjacent to an activating group) is 1. The predicted octanol–water partition coefficient (Wildman–Crippen LogP) is 0.877. The summed E-state index contributed by atoms with van der Waals surface area (Å²) < 4.78 is 10.1. The van der Waals surface area contributed by atoms with Crippen LogP contribution < -0.4 is 5.48 Å². The molecule has 25 heavy (non-hydrogen) atoms. The Labute approximate surface area is 149 Å². The van der Waals surface area contributed by atoms with Crippen molar-refractivity contribution in [1.29, 1.82) is 0 Å². The summed E-state index contributed by atoms with van der Waals surface area (Å²) in [5.41, 5.74) is 5.25. The number of aryl methyl sites for hydroxylation is 1. The molecule has 0 aliphatic rings.